The third kappa shape index (κ3) is 2.94. The summed E-state index contributed by atoms with van der Waals surface area (Å²) in [5.41, 5.74) is 6.20. The smallest absolute Gasteiger partial charge is 0.0442 e. The Morgan fingerprint density at radius 2 is 1.65 bits per heavy atom. The van der Waals surface area contributed by atoms with Crippen LogP contribution in [0.25, 0.3) is 0 Å². The Morgan fingerprint density at radius 1 is 0.941 bits per heavy atom. The highest BCUT2D eigenvalue weighted by atomic mass is 14.9. The first kappa shape index (κ1) is 12.7. The largest absolute Gasteiger partial charge is 0.257 e. The summed E-state index contributed by atoms with van der Waals surface area (Å²) in [6.07, 6.45) is 13.0. The van der Waals surface area contributed by atoms with Gasteiger partial charge in [-0.3, -0.25) is 5.32 Å². The van der Waals surface area contributed by atoms with Crippen LogP contribution >= 0.6 is 0 Å². The van der Waals surface area contributed by atoms with Crippen molar-refractivity contribution in [3.63, 3.8) is 0 Å². The fraction of sp³-hybridized carbons (Fsp3) is 0.750. The van der Waals surface area contributed by atoms with Gasteiger partial charge in [0.2, 0.25) is 0 Å². The molecule has 0 bridgehead atoms. The predicted octanol–water partition coefficient (Wildman–Crippen LogP) is 5.07. The van der Waals surface area contributed by atoms with E-state index in [1.807, 2.05) is 0 Å². The van der Waals surface area contributed by atoms with Gasteiger partial charge >= 0.3 is 0 Å². The molecule has 1 aliphatic heterocycles. The van der Waals surface area contributed by atoms with Crippen LogP contribution < -0.4 is 5.32 Å². The molecule has 1 radical (unpaired) electrons. The average molecular weight is 232 g/mol. The lowest BCUT2D eigenvalue weighted by atomic mass is 9.90. The van der Waals surface area contributed by atoms with Crippen molar-refractivity contribution in [3.05, 3.63) is 22.5 Å². The highest BCUT2D eigenvalue weighted by Crippen LogP contribution is 2.39. The van der Waals surface area contributed by atoms with E-state index in [1.54, 1.807) is 11.1 Å². The maximum atomic E-state index is 4.94. The quantitative estimate of drug-likeness (QED) is 0.607. The lowest BCUT2D eigenvalue weighted by Crippen LogP contribution is -2.03. The zero-order valence-corrected chi connectivity index (χ0v) is 11.5. The van der Waals surface area contributed by atoms with Gasteiger partial charge in [0.1, 0.15) is 0 Å². The summed E-state index contributed by atoms with van der Waals surface area (Å²) in [4.78, 5) is 0. The molecule has 1 heterocycles. The zero-order valence-electron chi connectivity index (χ0n) is 11.5. The Kier molecular flexibility index (Phi) is 4.70. The first-order valence-corrected chi connectivity index (χ1v) is 7.53. The summed E-state index contributed by atoms with van der Waals surface area (Å²) < 4.78 is 0. The molecule has 0 N–H and O–H groups in total. The van der Waals surface area contributed by atoms with E-state index in [0.717, 1.165) is 0 Å². The van der Waals surface area contributed by atoms with Gasteiger partial charge in [0, 0.05) is 11.4 Å². The summed E-state index contributed by atoms with van der Waals surface area (Å²) in [5, 5.41) is 4.94. The predicted molar refractivity (Wildman–Crippen MR) is 73.7 cm³/mol. The lowest BCUT2D eigenvalue weighted by Gasteiger charge is -2.14. The Morgan fingerprint density at radius 3 is 2.41 bits per heavy atom. The number of nitrogens with zero attached hydrogens (tertiary/aromatic N) is 1. The van der Waals surface area contributed by atoms with Gasteiger partial charge in [0.05, 0.1) is 0 Å². The van der Waals surface area contributed by atoms with Gasteiger partial charge in [-0.1, -0.05) is 26.7 Å². The van der Waals surface area contributed by atoms with Gasteiger partial charge < -0.3 is 0 Å². The summed E-state index contributed by atoms with van der Waals surface area (Å²) >= 11 is 0. The molecule has 0 aromatic carbocycles. The Labute approximate surface area is 106 Å². The maximum Gasteiger partial charge on any atom is 0.0442 e. The summed E-state index contributed by atoms with van der Waals surface area (Å²) in [7, 11) is 0. The van der Waals surface area contributed by atoms with Crippen LogP contribution in [0.4, 0.5) is 0 Å². The summed E-state index contributed by atoms with van der Waals surface area (Å²) in [6, 6.07) is 0. The molecule has 0 unspecified atom stereocenters. The minimum Gasteiger partial charge on any atom is -0.257 e. The number of hydrogen-bond acceptors (Lipinski definition) is 0. The molecule has 0 aromatic rings. The monoisotopic (exact) mass is 232 g/mol. The number of rotatable bonds is 6. The van der Waals surface area contributed by atoms with Crippen molar-refractivity contribution in [2.75, 3.05) is 0 Å². The van der Waals surface area contributed by atoms with Crippen molar-refractivity contribution in [2.24, 2.45) is 0 Å². The normalized spacial score (nSPS) is 19.6. The molecule has 0 atom stereocenters. The second-order valence-electron chi connectivity index (χ2n) is 5.38. The van der Waals surface area contributed by atoms with Crippen molar-refractivity contribution >= 4 is 0 Å². The van der Waals surface area contributed by atoms with Crippen molar-refractivity contribution in [1.82, 2.24) is 5.32 Å². The topological polar surface area (TPSA) is 14.1 Å². The zero-order chi connectivity index (χ0) is 12.1. The van der Waals surface area contributed by atoms with Crippen molar-refractivity contribution < 1.29 is 0 Å². The van der Waals surface area contributed by atoms with E-state index in [-0.39, 0.29) is 0 Å². The molecule has 1 nitrogen and oxygen atoms in total. The van der Waals surface area contributed by atoms with Crippen LogP contribution in [0, 0.1) is 0 Å². The molecule has 0 saturated carbocycles. The lowest BCUT2D eigenvalue weighted by molar-refractivity contribution is 0.650. The van der Waals surface area contributed by atoms with Gasteiger partial charge in [0.15, 0.2) is 0 Å². The van der Waals surface area contributed by atoms with Crippen LogP contribution in [-0.2, 0) is 0 Å². The van der Waals surface area contributed by atoms with Crippen molar-refractivity contribution in [3.8, 4) is 0 Å². The molecule has 17 heavy (non-hydrogen) atoms. The number of hydrogen-bond donors (Lipinski definition) is 0. The van der Waals surface area contributed by atoms with Gasteiger partial charge in [-0.05, 0) is 62.5 Å². The Bertz CT molecular complexity index is 322. The van der Waals surface area contributed by atoms with Gasteiger partial charge in [-0.2, -0.15) is 0 Å². The molecule has 95 valence electrons. The fourth-order valence-corrected chi connectivity index (χ4v) is 2.94. The van der Waals surface area contributed by atoms with Crippen LogP contribution in [0.15, 0.2) is 22.5 Å². The van der Waals surface area contributed by atoms with Crippen LogP contribution in [-0.4, -0.2) is 0 Å². The molecule has 2 aliphatic rings. The fourth-order valence-electron chi connectivity index (χ4n) is 2.94. The average Bonchev–Trinajstić information content (AvgIpc) is 2.71. The molecule has 0 saturated heterocycles. The van der Waals surface area contributed by atoms with Crippen LogP contribution in [0.5, 0.6) is 0 Å². The standard InChI is InChI=1S/C16H26N/c1-3-5-9-13-14-10-7-8-12-16(14)17-15(13)11-6-4-2/h3-12H2,1-2H3. The highest BCUT2D eigenvalue weighted by molar-refractivity contribution is 5.46. The van der Waals surface area contributed by atoms with E-state index >= 15 is 0 Å². The molecule has 1 aliphatic carbocycles. The molecule has 0 aromatic heterocycles. The second kappa shape index (κ2) is 6.28. The van der Waals surface area contributed by atoms with Gasteiger partial charge in [-0.15, -0.1) is 0 Å². The first-order chi connectivity index (χ1) is 8.36. The molecule has 0 amide bonds. The molecule has 1 heteroatoms. The minimum absolute atomic E-state index is 1.21. The maximum absolute atomic E-state index is 4.94. The van der Waals surface area contributed by atoms with Gasteiger partial charge in [-0.25, -0.2) is 0 Å². The molecule has 0 spiro atoms. The molecule has 2 rings (SSSR count). The Hall–Kier alpha value is -0.720. The summed E-state index contributed by atoms with van der Waals surface area (Å²) in [6.45, 7) is 4.56. The number of unbranched alkanes of at least 4 members (excludes halogenated alkanes) is 2. The third-order valence-electron chi connectivity index (χ3n) is 3.97. The highest BCUT2D eigenvalue weighted by Gasteiger charge is 2.26. The van der Waals surface area contributed by atoms with E-state index in [9.17, 15) is 0 Å². The van der Waals surface area contributed by atoms with E-state index in [1.165, 1.54) is 75.6 Å². The molecular formula is C16H26N. The van der Waals surface area contributed by atoms with Crippen molar-refractivity contribution in [2.45, 2.75) is 78.1 Å². The second-order valence-corrected chi connectivity index (χ2v) is 5.38. The van der Waals surface area contributed by atoms with E-state index in [2.05, 4.69) is 13.8 Å². The minimum atomic E-state index is 1.21. The molecular weight excluding hydrogens is 206 g/mol. The van der Waals surface area contributed by atoms with Crippen molar-refractivity contribution in [1.29, 1.82) is 0 Å². The van der Waals surface area contributed by atoms with E-state index in [0.29, 0.717) is 0 Å². The Balaban J connectivity index is 2.09. The first-order valence-electron chi connectivity index (χ1n) is 7.53. The van der Waals surface area contributed by atoms with E-state index < -0.39 is 0 Å². The SMILES string of the molecule is CCCCC1=C(CCCC)C2=C(CCCC2)[N]1. The van der Waals surface area contributed by atoms with Crippen LogP contribution in [0.3, 0.4) is 0 Å². The van der Waals surface area contributed by atoms with E-state index in [4.69, 9.17) is 5.32 Å². The van der Waals surface area contributed by atoms with Gasteiger partial charge in [0.25, 0.3) is 0 Å². The summed E-state index contributed by atoms with van der Waals surface area (Å²) in [5.74, 6) is 0. The number of allylic oxidation sites excluding steroid dienone is 4. The van der Waals surface area contributed by atoms with Crippen LogP contribution in [0.1, 0.15) is 78.1 Å². The third-order valence-corrected chi connectivity index (χ3v) is 3.97. The van der Waals surface area contributed by atoms with Crippen LogP contribution in [0.2, 0.25) is 0 Å². The molecule has 0 fully saturated rings.